The highest BCUT2D eigenvalue weighted by Crippen LogP contribution is 2.31. The highest BCUT2D eigenvalue weighted by atomic mass is 79.9. The smallest absolute Gasteiger partial charge is 0.272 e. The minimum Gasteiger partial charge on any atom is -0.326 e. The lowest BCUT2D eigenvalue weighted by Gasteiger charge is -2.36. The molecule has 1 N–H and O–H groups in total. The number of sulfonamides is 1. The summed E-state index contributed by atoms with van der Waals surface area (Å²) in [6.45, 7) is 2.66. The van der Waals surface area contributed by atoms with Gasteiger partial charge in [-0.1, -0.05) is 47.1 Å². The normalized spacial score (nSPS) is 19.2. The van der Waals surface area contributed by atoms with Crippen molar-refractivity contribution in [1.82, 2.24) is 9.62 Å². The lowest BCUT2D eigenvalue weighted by atomic mass is 10.00. The van der Waals surface area contributed by atoms with Crippen LogP contribution in [0.4, 0.5) is 0 Å². The van der Waals surface area contributed by atoms with Crippen LogP contribution in [0.1, 0.15) is 30.9 Å². The molecule has 0 unspecified atom stereocenters. The average Bonchev–Trinajstić information content (AvgIpc) is 3.04. The van der Waals surface area contributed by atoms with Gasteiger partial charge in [0.05, 0.1) is 4.90 Å². The van der Waals surface area contributed by atoms with Crippen LogP contribution in [0.25, 0.3) is 0 Å². The minimum absolute atomic E-state index is 0.209. The van der Waals surface area contributed by atoms with Gasteiger partial charge in [0.25, 0.3) is 5.91 Å². The van der Waals surface area contributed by atoms with Gasteiger partial charge in [0.2, 0.25) is 10.0 Å². The molecule has 0 aliphatic carbocycles. The van der Waals surface area contributed by atoms with E-state index < -0.39 is 15.7 Å². The molecule has 1 amide bonds. The third-order valence-electron chi connectivity index (χ3n) is 5.52. The number of halogens is 1. The highest BCUT2D eigenvalue weighted by molar-refractivity contribution is 9.10. The molecule has 152 valence electrons. The van der Waals surface area contributed by atoms with Crippen LogP contribution < -0.4 is 5.32 Å². The molecule has 0 saturated carbocycles. The van der Waals surface area contributed by atoms with Gasteiger partial charge >= 0.3 is 0 Å². The quantitative estimate of drug-likeness (QED) is 0.737. The number of aliphatic imine (C=N–C) groups is 1. The zero-order chi connectivity index (χ0) is 20.6. The summed E-state index contributed by atoms with van der Waals surface area (Å²) in [6.07, 6.45) is 1.76. The predicted octanol–water partition coefficient (Wildman–Crippen LogP) is 3.11. The number of carbonyl (C=O) groups is 1. The number of hydrogen-bond donors (Lipinski definition) is 1. The first kappa shape index (κ1) is 20.3. The van der Waals surface area contributed by atoms with E-state index in [1.807, 2.05) is 43.3 Å². The summed E-state index contributed by atoms with van der Waals surface area (Å²) in [5.41, 5.74) is 1.54. The molecule has 0 radical (unpaired) electrons. The number of carbonyl (C=O) groups excluding carboxylic acids is 1. The monoisotopic (exact) mass is 475 g/mol. The van der Waals surface area contributed by atoms with E-state index in [1.165, 1.54) is 4.31 Å². The van der Waals surface area contributed by atoms with Crippen LogP contribution in [0.3, 0.4) is 0 Å². The fraction of sp³-hybridized carbons (Fsp3) is 0.333. The number of nitrogens with zero attached hydrogens (tertiary/aromatic N) is 2. The van der Waals surface area contributed by atoms with Crippen molar-refractivity contribution >= 4 is 37.6 Å². The maximum Gasteiger partial charge on any atom is 0.272 e. The van der Waals surface area contributed by atoms with Crippen molar-refractivity contribution in [3.8, 4) is 0 Å². The third-order valence-corrected chi connectivity index (χ3v) is 7.97. The van der Waals surface area contributed by atoms with Crippen LogP contribution in [0.15, 0.2) is 62.9 Å². The molecule has 6 nitrogen and oxygen atoms in total. The first-order valence-electron chi connectivity index (χ1n) is 9.60. The van der Waals surface area contributed by atoms with Crippen LogP contribution in [-0.4, -0.2) is 43.1 Å². The second-order valence-corrected chi connectivity index (χ2v) is 10.2. The second kappa shape index (κ2) is 7.66. The Balaban J connectivity index is 1.51. The molecule has 29 heavy (non-hydrogen) atoms. The molecule has 2 aliphatic heterocycles. The molecule has 2 aromatic carbocycles. The number of benzene rings is 2. The van der Waals surface area contributed by atoms with E-state index >= 15 is 0 Å². The molecule has 0 atom stereocenters. The molecule has 8 heteroatoms. The molecular formula is C21H22BrN3O3S. The van der Waals surface area contributed by atoms with E-state index in [1.54, 1.807) is 12.1 Å². The largest absolute Gasteiger partial charge is 0.326 e. The fourth-order valence-corrected chi connectivity index (χ4v) is 5.45. The summed E-state index contributed by atoms with van der Waals surface area (Å²) in [7, 11) is -3.55. The summed E-state index contributed by atoms with van der Waals surface area (Å²) in [5, 5.41) is 2.98. The van der Waals surface area contributed by atoms with Crippen molar-refractivity contribution in [3.63, 3.8) is 0 Å². The van der Waals surface area contributed by atoms with E-state index in [9.17, 15) is 13.2 Å². The van der Waals surface area contributed by atoms with Crippen molar-refractivity contribution in [2.24, 2.45) is 4.99 Å². The van der Waals surface area contributed by atoms with Crippen molar-refractivity contribution in [2.75, 3.05) is 13.1 Å². The van der Waals surface area contributed by atoms with Crippen molar-refractivity contribution in [1.29, 1.82) is 0 Å². The van der Waals surface area contributed by atoms with Crippen molar-refractivity contribution < 1.29 is 13.2 Å². The zero-order valence-electron chi connectivity index (χ0n) is 16.1. The molecule has 4 rings (SSSR count). The number of rotatable bonds is 4. The van der Waals surface area contributed by atoms with E-state index in [-0.39, 0.29) is 5.91 Å². The highest BCUT2D eigenvalue weighted by Gasteiger charge is 2.44. The van der Waals surface area contributed by atoms with E-state index in [4.69, 9.17) is 4.99 Å². The predicted molar refractivity (Wildman–Crippen MR) is 115 cm³/mol. The molecule has 0 bridgehead atoms. The lowest BCUT2D eigenvalue weighted by Crippen LogP contribution is -2.52. The Labute approximate surface area is 179 Å². The summed E-state index contributed by atoms with van der Waals surface area (Å²) in [4.78, 5) is 17.5. The van der Waals surface area contributed by atoms with Gasteiger partial charge in [-0.3, -0.25) is 9.79 Å². The molecule has 1 saturated heterocycles. The summed E-state index contributed by atoms with van der Waals surface area (Å²) < 4.78 is 28.4. The molecular weight excluding hydrogens is 454 g/mol. The Morgan fingerprint density at radius 1 is 1.07 bits per heavy atom. The average molecular weight is 476 g/mol. The van der Waals surface area contributed by atoms with E-state index in [0.717, 1.165) is 22.0 Å². The number of aryl methyl sites for hydroxylation is 1. The van der Waals surface area contributed by atoms with Crippen LogP contribution in [0, 0.1) is 0 Å². The maximum atomic E-state index is 13.0. The molecule has 2 aliphatic rings. The van der Waals surface area contributed by atoms with Crippen LogP contribution in [0.2, 0.25) is 0 Å². The zero-order valence-corrected chi connectivity index (χ0v) is 18.5. The fourth-order valence-electron chi connectivity index (χ4n) is 3.75. The Morgan fingerprint density at radius 2 is 1.69 bits per heavy atom. The number of hydrogen-bond acceptors (Lipinski definition) is 4. The van der Waals surface area contributed by atoms with Gasteiger partial charge in [-0.25, -0.2) is 8.42 Å². The first-order valence-corrected chi connectivity index (χ1v) is 11.8. The van der Waals surface area contributed by atoms with Gasteiger partial charge < -0.3 is 5.32 Å². The van der Waals surface area contributed by atoms with Crippen molar-refractivity contribution in [2.45, 2.75) is 36.7 Å². The number of nitrogens with one attached hydrogen (secondary N) is 1. The van der Waals surface area contributed by atoms with E-state index in [2.05, 4.69) is 21.2 Å². The Hall–Kier alpha value is -2.03. The molecule has 2 aromatic rings. The minimum atomic E-state index is -3.55. The maximum absolute atomic E-state index is 13.0. The molecule has 2 heterocycles. The Kier molecular flexibility index (Phi) is 5.35. The third kappa shape index (κ3) is 3.89. The van der Waals surface area contributed by atoms with Gasteiger partial charge in [0.15, 0.2) is 0 Å². The number of amides is 1. The van der Waals surface area contributed by atoms with Crippen LogP contribution >= 0.6 is 15.9 Å². The number of piperidine rings is 1. The molecule has 1 fully saturated rings. The topological polar surface area (TPSA) is 78.8 Å². The molecule has 1 spiro atoms. The van der Waals surface area contributed by atoms with Gasteiger partial charge in [-0.05, 0) is 36.2 Å². The van der Waals surface area contributed by atoms with Crippen LogP contribution in [-0.2, 0) is 21.2 Å². The second-order valence-electron chi connectivity index (χ2n) is 7.35. The first-order chi connectivity index (χ1) is 13.8. The van der Waals surface area contributed by atoms with Crippen LogP contribution in [0.5, 0.6) is 0 Å². The Morgan fingerprint density at radius 3 is 2.28 bits per heavy atom. The SMILES string of the molecule is CCc1ccc(S(=O)(=O)N2CCC3(CC2)N=C(c2ccc(Br)cc2)C(=O)N3)cc1. The van der Waals surface area contributed by atoms with Gasteiger partial charge in [0, 0.05) is 36.0 Å². The van der Waals surface area contributed by atoms with Crippen molar-refractivity contribution in [3.05, 3.63) is 64.1 Å². The van der Waals surface area contributed by atoms with Gasteiger partial charge in [0.1, 0.15) is 11.4 Å². The summed E-state index contributed by atoms with van der Waals surface area (Å²) >= 11 is 3.39. The summed E-state index contributed by atoms with van der Waals surface area (Å²) in [5.74, 6) is -0.209. The molecule has 0 aromatic heterocycles. The van der Waals surface area contributed by atoms with Gasteiger partial charge in [-0.2, -0.15) is 4.31 Å². The summed E-state index contributed by atoms with van der Waals surface area (Å²) in [6, 6.07) is 14.5. The van der Waals surface area contributed by atoms with E-state index in [0.29, 0.717) is 36.5 Å². The lowest BCUT2D eigenvalue weighted by molar-refractivity contribution is -0.115. The standard InChI is InChI=1S/C21H22BrN3O3S/c1-2-15-3-9-18(10-4-15)29(27,28)25-13-11-21(12-14-25)23-19(20(26)24-21)16-5-7-17(22)8-6-16/h3-10H,2,11-14H2,1H3,(H,24,26). The Bertz CT molecular complexity index is 1060. The van der Waals surface area contributed by atoms with Gasteiger partial charge in [-0.15, -0.1) is 0 Å².